The second-order valence-corrected chi connectivity index (χ2v) is 2.65. The van der Waals surface area contributed by atoms with E-state index in [1.165, 1.54) is 0 Å². The Kier molecular flexibility index (Phi) is 4.70. The normalized spacial score (nSPS) is 17.1. The van der Waals surface area contributed by atoms with Gasteiger partial charge in [-0.1, -0.05) is 13.3 Å². The van der Waals surface area contributed by atoms with Crippen molar-refractivity contribution in [1.82, 2.24) is 0 Å². The molecule has 0 radical (unpaired) electrons. The fourth-order valence-corrected chi connectivity index (χ4v) is 0.634. The standard InChI is InChI=1S/C7H10F6O/c1-2-3-4-14-6(10,5(8)9)7(11,12)13/h5H,2-4H2,1H3. The molecule has 0 spiro atoms. The molecule has 0 N–H and O–H groups in total. The van der Waals surface area contributed by atoms with Crippen LogP contribution in [0.4, 0.5) is 26.3 Å². The Morgan fingerprint density at radius 2 is 1.64 bits per heavy atom. The van der Waals surface area contributed by atoms with Gasteiger partial charge in [-0.25, -0.2) is 8.78 Å². The molecule has 86 valence electrons. The van der Waals surface area contributed by atoms with Gasteiger partial charge in [-0.3, -0.25) is 0 Å². The Labute approximate surface area is 77.0 Å². The molecule has 7 heteroatoms. The summed E-state index contributed by atoms with van der Waals surface area (Å²) in [6.45, 7) is 0.927. The van der Waals surface area contributed by atoms with Crippen LogP contribution < -0.4 is 0 Å². The van der Waals surface area contributed by atoms with Crippen molar-refractivity contribution in [2.24, 2.45) is 0 Å². The first kappa shape index (κ1) is 13.5. The van der Waals surface area contributed by atoms with E-state index in [4.69, 9.17) is 0 Å². The van der Waals surface area contributed by atoms with Gasteiger partial charge < -0.3 is 4.74 Å². The fraction of sp³-hybridized carbons (Fsp3) is 1.00. The lowest BCUT2D eigenvalue weighted by atomic mass is 10.3. The molecule has 0 aliphatic heterocycles. The van der Waals surface area contributed by atoms with Crippen LogP contribution in [-0.4, -0.2) is 25.1 Å². The monoisotopic (exact) mass is 224 g/mol. The molecule has 14 heavy (non-hydrogen) atoms. The lowest BCUT2D eigenvalue weighted by Gasteiger charge is -2.26. The molecule has 0 aromatic rings. The number of unbranched alkanes of at least 4 members (excludes halogenated alkanes) is 1. The van der Waals surface area contributed by atoms with E-state index in [2.05, 4.69) is 4.74 Å². The third kappa shape index (κ3) is 3.04. The number of halogens is 6. The molecular formula is C7H10F6O. The van der Waals surface area contributed by atoms with E-state index in [0.29, 0.717) is 6.42 Å². The van der Waals surface area contributed by atoms with Gasteiger partial charge in [0.15, 0.2) is 0 Å². The quantitative estimate of drug-likeness (QED) is 0.514. The van der Waals surface area contributed by atoms with Gasteiger partial charge >= 0.3 is 18.5 Å². The lowest BCUT2D eigenvalue weighted by Crippen LogP contribution is -2.49. The Balaban J connectivity index is 4.42. The first-order valence-electron chi connectivity index (χ1n) is 3.93. The zero-order chi connectivity index (χ0) is 11.4. The smallest absolute Gasteiger partial charge is 0.334 e. The maximum absolute atomic E-state index is 12.6. The molecular weight excluding hydrogens is 214 g/mol. The second kappa shape index (κ2) is 4.86. The second-order valence-electron chi connectivity index (χ2n) is 2.65. The van der Waals surface area contributed by atoms with E-state index in [0.717, 1.165) is 0 Å². The molecule has 0 heterocycles. The SMILES string of the molecule is CCCCOC(F)(C(F)F)C(F)(F)F. The lowest BCUT2D eigenvalue weighted by molar-refractivity contribution is -0.369. The van der Waals surface area contributed by atoms with Crippen LogP contribution in [0, 0.1) is 0 Å². The van der Waals surface area contributed by atoms with Crippen molar-refractivity contribution in [2.75, 3.05) is 6.61 Å². The number of hydrogen-bond acceptors (Lipinski definition) is 1. The summed E-state index contributed by atoms with van der Waals surface area (Å²) in [5.41, 5.74) is 0. The highest BCUT2D eigenvalue weighted by atomic mass is 19.4. The van der Waals surface area contributed by atoms with Crippen molar-refractivity contribution in [1.29, 1.82) is 0 Å². The fourth-order valence-electron chi connectivity index (χ4n) is 0.634. The van der Waals surface area contributed by atoms with E-state index in [-0.39, 0.29) is 6.42 Å². The van der Waals surface area contributed by atoms with Crippen LogP contribution in [0.5, 0.6) is 0 Å². The van der Waals surface area contributed by atoms with Gasteiger partial charge in [0.1, 0.15) is 0 Å². The molecule has 0 bridgehead atoms. The van der Waals surface area contributed by atoms with Gasteiger partial charge in [0.05, 0.1) is 6.61 Å². The zero-order valence-electron chi connectivity index (χ0n) is 7.37. The van der Waals surface area contributed by atoms with Gasteiger partial charge in [0.25, 0.3) is 0 Å². The average molecular weight is 224 g/mol. The van der Waals surface area contributed by atoms with Crippen molar-refractivity contribution in [3.63, 3.8) is 0 Å². The van der Waals surface area contributed by atoms with Gasteiger partial charge in [-0.05, 0) is 6.42 Å². The molecule has 0 amide bonds. The van der Waals surface area contributed by atoms with Crippen LogP contribution in [0.3, 0.4) is 0 Å². The summed E-state index contributed by atoms with van der Waals surface area (Å²) in [7, 11) is 0. The van der Waals surface area contributed by atoms with Crippen molar-refractivity contribution in [3.8, 4) is 0 Å². The molecule has 0 aromatic carbocycles. The van der Waals surface area contributed by atoms with Crippen molar-refractivity contribution >= 4 is 0 Å². The summed E-state index contributed by atoms with van der Waals surface area (Å²) in [6.07, 6.45) is -9.43. The minimum absolute atomic E-state index is 0.0917. The van der Waals surface area contributed by atoms with E-state index < -0.39 is 25.1 Å². The minimum Gasteiger partial charge on any atom is -0.334 e. The summed E-state index contributed by atoms with van der Waals surface area (Å²) < 4.78 is 75.2. The van der Waals surface area contributed by atoms with Crippen molar-refractivity contribution in [2.45, 2.75) is 38.2 Å². The summed E-state index contributed by atoms with van der Waals surface area (Å²) in [6, 6.07) is 0. The van der Waals surface area contributed by atoms with Crippen LogP contribution in [-0.2, 0) is 4.74 Å². The molecule has 1 unspecified atom stereocenters. The van der Waals surface area contributed by atoms with Crippen LogP contribution in [0.2, 0.25) is 0 Å². The van der Waals surface area contributed by atoms with E-state index in [1.54, 1.807) is 6.92 Å². The van der Waals surface area contributed by atoms with Gasteiger partial charge in [-0.15, -0.1) is 0 Å². The highest BCUT2D eigenvalue weighted by molar-refractivity contribution is 4.80. The number of ether oxygens (including phenoxy) is 1. The molecule has 0 aliphatic rings. The molecule has 0 saturated heterocycles. The maximum Gasteiger partial charge on any atom is 0.454 e. The first-order chi connectivity index (χ1) is 6.25. The van der Waals surface area contributed by atoms with Crippen LogP contribution in [0.25, 0.3) is 0 Å². The largest absolute Gasteiger partial charge is 0.454 e. The average Bonchev–Trinajstić information content (AvgIpc) is 2.02. The summed E-state index contributed by atoms with van der Waals surface area (Å²) in [5, 5.41) is 0. The Morgan fingerprint density at radius 1 is 1.14 bits per heavy atom. The van der Waals surface area contributed by atoms with E-state index in [1.807, 2.05) is 0 Å². The third-order valence-corrected chi connectivity index (χ3v) is 1.48. The van der Waals surface area contributed by atoms with Gasteiger partial charge in [-0.2, -0.15) is 17.6 Å². The van der Waals surface area contributed by atoms with E-state index in [9.17, 15) is 26.3 Å². The molecule has 0 saturated carbocycles. The predicted octanol–water partition coefficient (Wildman–Crippen LogP) is 3.30. The molecule has 0 rings (SSSR count). The Morgan fingerprint density at radius 3 is 1.93 bits per heavy atom. The van der Waals surface area contributed by atoms with Gasteiger partial charge in [0.2, 0.25) is 0 Å². The molecule has 0 aliphatic carbocycles. The predicted molar refractivity (Wildman–Crippen MR) is 36.8 cm³/mol. The van der Waals surface area contributed by atoms with Crippen LogP contribution in [0.1, 0.15) is 19.8 Å². The number of alkyl halides is 6. The van der Waals surface area contributed by atoms with Crippen LogP contribution in [0.15, 0.2) is 0 Å². The van der Waals surface area contributed by atoms with Crippen LogP contribution >= 0.6 is 0 Å². The molecule has 0 fully saturated rings. The summed E-state index contributed by atoms with van der Waals surface area (Å²) >= 11 is 0. The molecule has 1 nitrogen and oxygen atoms in total. The summed E-state index contributed by atoms with van der Waals surface area (Å²) in [5.74, 6) is -4.85. The third-order valence-electron chi connectivity index (χ3n) is 1.48. The minimum atomic E-state index is -5.71. The summed E-state index contributed by atoms with van der Waals surface area (Å²) in [4.78, 5) is 0. The maximum atomic E-state index is 12.6. The number of hydrogen-bond donors (Lipinski definition) is 0. The Bertz CT molecular complexity index is 168. The highest BCUT2D eigenvalue weighted by Gasteiger charge is 2.64. The Hall–Kier alpha value is -0.460. The topological polar surface area (TPSA) is 9.23 Å². The van der Waals surface area contributed by atoms with E-state index >= 15 is 0 Å². The van der Waals surface area contributed by atoms with Crippen molar-refractivity contribution in [3.05, 3.63) is 0 Å². The zero-order valence-corrected chi connectivity index (χ0v) is 7.37. The highest BCUT2D eigenvalue weighted by Crippen LogP contribution is 2.39. The van der Waals surface area contributed by atoms with Crippen molar-refractivity contribution < 1.29 is 31.1 Å². The molecule has 0 aromatic heterocycles. The molecule has 1 atom stereocenters. The van der Waals surface area contributed by atoms with Gasteiger partial charge in [0, 0.05) is 0 Å². The number of rotatable bonds is 5. The first-order valence-corrected chi connectivity index (χ1v) is 3.93.